The lowest BCUT2D eigenvalue weighted by molar-refractivity contribution is -0.123. The molecule has 4 nitrogen and oxygen atoms in total. The van der Waals surface area contributed by atoms with Gasteiger partial charge in [0.15, 0.2) is 0 Å². The van der Waals surface area contributed by atoms with E-state index in [9.17, 15) is 4.79 Å². The molecule has 106 valence electrons. The highest BCUT2D eigenvalue weighted by molar-refractivity contribution is 5.78. The fourth-order valence-corrected chi connectivity index (χ4v) is 2.80. The van der Waals surface area contributed by atoms with Gasteiger partial charge in [-0.05, 0) is 44.7 Å². The normalized spacial score (nSPS) is 26.9. The minimum absolute atomic E-state index is 0.161. The fourth-order valence-electron chi connectivity index (χ4n) is 2.80. The van der Waals surface area contributed by atoms with Gasteiger partial charge < -0.3 is 11.1 Å². The van der Waals surface area contributed by atoms with E-state index in [-0.39, 0.29) is 5.91 Å². The number of nitrogens with one attached hydrogen (secondary N) is 1. The van der Waals surface area contributed by atoms with Crippen molar-refractivity contribution in [1.29, 1.82) is 0 Å². The molecule has 3 atom stereocenters. The van der Waals surface area contributed by atoms with E-state index in [0.717, 1.165) is 38.9 Å². The molecule has 1 fully saturated rings. The summed E-state index contributed by atoms with van der Waals surface area (Å²) < 4.78 is 0. The van der Waals surface area contributed by atoms with Crippen molar-refractivity contribution in [2.75, 3.05) is 26.2 Å². The third-order valence-electron chi connectivity index (χ3n) is 3.97. The Morgan fingerprint density at radius 2 is 2.28 bits per heavy atom. The molecule has 18 heavy (non-hydrogen) atoms. The van der Waals surface area contributed by atoms with Crippen molar-refractivity contribution in [3.63, 3.8) is 0 Å². The van der Waals surface area contributed by atoms with E-state index in [1.807, 2.05) is 0 Å². The van der Waals surface area contributed by atoms with Crippen LogP contribution >= 0.6 is 0 Å². The molecule has 0 saturated carbocycles. The lowest BCUT2D eigenvalue weighted by Gasteiger charge is -2.36. The van der Waals surface area contributed by atoms with Crippen LogP contribution in [0.15, 0.2) is 0 Å². The van der Waals surface area contributed by atoms with Crippen LogP contribution in [0.25, 0.3) is 0 Å². The highest BCUT2D eigenvalue weighted by Crippen LogP contribution is 2.21. The standard InChI is InChI=1S/C14H29N3O/c1-4-5-12(3)16-14(18)10-17-7-6-13(8-15)11(2)9-17/h11-13H,4-10,15H2,1-3H3,(H,16,18). The molecule has 0 aromatic carbocycles. The zero-order valence-corrected chi connectivity index (χ0v) is 12.1. The topological polar surface area (TPSA) is 58.4 Å². The van der Waals surface area contributed by atoms with Gasteiger partial charge in [-0.3, -0.25) is 9.69 Å². The molecule has 0 aliphatic carbocycles. The zero-order valence-electron chi connectivity index (χ0n) is 12.1. The van der Waals surface area contributed by atoms with Crippen LogP contribution in [0.5, 0.6) is 0 Å². The summed E-state index contributed by atoms with van der Waals surface area (Å²) in [7, 11) is 0. The Hall–Kier alpha value is -0.610. The van der Waals surface area contributed by atoms with Gasteiger partial charge in [0.25, 0.3) is 0 Å². The molecule has 3 unspecified atom stereocenters. The molecule has 1 amide bonds. The first-order valence-electron chi connectivity index (χ1n) is 7.28. The molecule has 0 bridgehead atoms. The van der Waals surface area contributed by atoms with E-state index in [1.165, 1.54) is 0 Å². The molecule has 4 heteroatoms. The number of likely N-dealkylation sites (tertiary alicyclic amines) is 1. The monoisotopic (exact) mass is 255 g/mol. The maximum absolute atomic E-state index is 11.9. The van der Waals surface area contributed by atoms with Crippen molar-refractivity contribution < 1.29 is 4.79 Å². The minimum Gasteiger partial charge on any atom is -0.353 e. The summed E-state index contributed by atoms with van der Waals surface area (Å²) in [4.78, 5) is 14.1. The first kappa shape index (κ1) is 15.4. The molecule has 0 aromatic rings. The molecule has 0 aromatic heterocycles. The van der Waals surface area contributed by atoms with Crippen LogP contribution in [-0.4, -0.2) is 43.0 Å². The maximum Gasteiger partial charge on any atom is 0.234 e. The lowest BCUT2D eigenvalue weighted by atomic mass is 9.87. The molecular weight excluding hydrogens is 226 g/mol. The Kier molecular flexibility index (Phi) is 6.65. The number of amides is 1. The average Bonchev–Trinajstić information content (AvgIpc) is 2.29. The summed E-state index contributed by atoms with van der Waals surface area (Å²) in [5.74, 6) is 1.39. The molecule has 1 heterocycles. The Morgan fingerprint density at radius 3 is 2.83 bits per heavy atom. The Balaban J connectivity index is 2.29. The van der Waals surface area contributed by atoms with Gasteiger partial charge in [0.1, 0.15) is 0 Å². The van der Waals surface area contributed by atoms with Crippen molar-refractivity contribution in [2.24, 2.45) is 17.6 Å². The number of carbonyl (C=O) groups excluding carboxylic acids is 1. The smallest absolute Gasteiger partial charge is 0.234 e. The third-order valence-corrected chi connectivity index (χ3v) is 3.97. The highest BCUT2D eigenvalue weighted by atomic mass is 16.2. The van der Waals surface area contributed by atoms with Crippen LogP contribution in [0.1, 0.15) is 40.0 Å². The van der Waals surface area contributed by atoms with Gasteiger partial charge >= 0.3 is 0 Å². The fraction of sp³-hybridized carbons (Fsp3) is 0.929. The lowest BCUT2D eigenvalue weighted by Crippen LogP contribution is -2.47. The van der Waals surface area contributed by atoms with Crippen LogP contribution in [-0.2, 0) is 4.79 Å². The number of hydrogen-bond acceptors (Lipinski definition) is 3. The largest absolute Gasteiger partial charge is 0.353 e. The number of piperidine rings is 1. The van der Waals surface area contributed by atoms with Gasteiger partial charge in [0.05, 0.1) is 6.54 Å². The molecule has 0 radical (unpaired) electrons. The number of nitrogens with two attached hydrogens (primary N) is 1. The summed E-state index contributed by atoms with van der Waals surface area (Å²) in [6, 6.07) is 0.293. The Labute approximate surface area is 111 Å². The quantitative estimate of drug-likeness (QED) is 0.750. The van der Waals surface area contributed by atoms with E-state index in [1.54, 1.807) is 0 Å². The SMILES string of the molecule is CCCC(C)NC(=O)CN1CCC(CN)C(C)C1. The predicted molar refractivity (Wildman–Crippen MR) is 75.3 cm³/mol. The van der Waals surface area contributed by atoms with Crippen LogP contribution in [0, 0.1) is 11.8 Å². The second-order valence-corrected chi connectivity index (χ2v) is 5.75. The number of nitrogens with zero attached hydrogens (tertiary/aromatic N) is 1. The molecule has 1 aliphatic heterocycles. The summed E-state index contributed by atoms with van der Waals surface area (Å²) >= 11 is 0. The molecule has 1 saturated heterocycles. The summed E-state index contributed by atoms with van der Waals surface area (Å²) in [5.41, 5.74) is 5.74. The molecule has 1 rings (SSSR count). The maximum atomic E-state index is 11.9. The number of rotatable bonds is 6. The van der Waals surface area contributed by atoms with Crippen LogP contribution in [0.4, 0.5) is 0 Å². The molecule has 3 N–H and O–H groups in total. The van der Waals surface area contributed by atoms with Crippen molar-refractivity contribution in [2.45, 2.75) is 46.1 Å². The van der Waals surface area contributed by atoms with Gasteiger partial charge in [-0.1, -0.05) is 20.3 Å². The number of hydrogen-bond donors (Lipinski definition) is 2. The van der Waals surface area contributed by atoms with Gasteiger partial charge in [-0.2, -0.15) is 0 Å². The van der Waals surface area contributed by atoms with Crippen molar-refractivity contribution in [3.8, 4) is 0 Å². The molecular formula is C14H29N3O. The van der Waals surface area contributed by atoms with E-state index in [0.29, 0.717) is 24.4 Å². The first-order valence-corrected chi connectivity index (χ1v) is 7.28. The Morgan fingerprint density at radius 1 is 1.56 bits per heavy atom. The molecule has 1 aliphatic rings. The van der Waals surface area contributed by atoms with E-state index in [4.69, 9.17) is 5.73 Å². The van der Waals surface area contributed by atoms with Crippen molar-refractivity contribution in [3.05, 3.63) is 0 Å². The average molecular weight is 255 g/mol. The zero-order chi connectivity index (χ0) is 13.5. The van der Waals surface area contributed by atoms with Gasteiger partial charge in [0, 0.05) is 12.6 Å². The Bertz CT molecular complexity index is 257. The van der Waals surface area contributed by atoms with Crippen LogP contribution < -0.4 is 11.1 Å². The second-order valence-electron chi connectivity index (χ2n) is 5.75. The van der Waals surface area contributed by atoms with E-state index < -0.39 is 0 Å². The predicted octanol–water partition coefficient (Wildman–Crippen LogP) is 1.21. The van der Waals surface area contributed by atoms with Crippen LogP contribution in [0.3, 0.4) is 0 Å². The van der Waals surface area contributed by atoms with E-state index >= 15 is 0 Å². The van der Waals surface area contributed by atoms with E-state index in [2.05, 4.69) is 31.0 Å². The van der Waals surface area contributed by atoms with Crippen molar-refractivity contribution in [1.82, 2.24) is 10.2 Å². The third kappa shape index (κ3) is 4.94. The van der Waals surface area contributed by atoms with Crippen molar-refractivity contribution >= 4 is 5.91 Å². The van der Waals surface area contributed by atoms with Crippen LogP contribution in [0.2, 0.25) is 0 Å². The summed E-state index contributed by atoms with van der Waals surface area (Å²) in [5, 5.41) is 3.06. The summed E-state index contributed by atoms with van der Waals surface area (Å²) in [6.07, 6.45) is 3.28. The first-order chi connectivity index (χ1) is 8.56. The van der Waals surface area contributed by atoms with Gasteiger partial charge in [0.2, 0.25) is 5.91 Å². The van der Waals surface area contributed by atoms with Gasteiger partial charge in [-0.15, -0.1) is 0 Å². The summed E-state index contributed by atoms with van der Waals surface area (Å²) in [6.45, 7) is 9.76. The minimum atomic E-state index is 0.161. The van der Waals surface area contributed by atoms with Gasteiger partial charge in [-0.25, -0.2) is 0 Å². The number of carbonyl (C=O) groups is 1. The molecule has 0 spiro atoms. The second kappa shape index (κ2) is 7.74. The highest BCUT2D eigenvalue weighted by Gasteiger charge is 2.26.